The third kappa shape index (κ3) is 3.77. The summed E-state index contributed by atoms with van der Waals surface area (Å²) in [6.45, 7) is -2.97. The van der Waals surface area contributed by atoms with Crippen molar-refractivity contribution < 1.29 is 18.3 Å². The van der Waals surface area contributed by atoms with E-state index in [0.29, 0.717) is 16.2 Å². The van der Waals surface area contributed by atoms with Gasteiger partial charge in [0.15, 0.2) is 5.65 Å². The first-order valence-corrected chi connectivity index (χ1v) is 7.72. The summed E-state index contributed by atoms with van der Waals surface area (Å²) in [4.78, 5) is 27.0. The summed E-state index contributed by atoms with van der Waals surface area (Å²) >= 11 is 1.18. The number of ether oxygens (including phenoxy) is 1. The van der Waals surface area contributed by atoms with Crippen LogP contribution in [0, 0.1) is 0 Å². The molecule has 0 bridgehead atoms. The van der Waals surface area contributed by atoms with Crippen molar-refractivity contribution in [1.29, 1.82) is 0 Å². The largest absolute Gasteiger partial charge is 0.433 e. The molecule has 0 spiro atoms. The van der Waals surface area contributed by atoms with Crippen molar-refractivity contribution in [3.05, 3.63) is 36.9 Å². The summed E-state index contributed by atoms with van der Waals surface area (Å²) < 4.78 is 29.1. The zero-order valence-corrected chi connectivity index (χ0v) is 12.9. The average Bonchev–Trinajstić information content (AvgIpc) is 3.03. The molecule has 2 aromatic heterocycles. The number of para-hydroxylation sites is 2. The maximum atomic E-state index is 12.4. The number of benzene rings is 1. The Labute approximate surface area is 138 Å². The lowest BCUT2D eigenvalue weighted by atomic mass is 10.3. The number of anilines is 1. The SMILES string of the molecule is O=C(CSc1ncnc2nc[nH]c12)Nc1ccccc1OC(F)F. The normalized spacial score (nSPS) is 11.0. The van der Waals surface area contributed by atoms with Gasteiger partial charge in [0.1, 0.15) is 22.6 Å². The van der Waals surface area contributed by atoms with Gasteiger partial charge < -0.3 is 15.0 Å². The molecule has 24 heavy (non-hydrogen) atoms. The molecule has 1 amide bonds. The number of hydrogen-bond donors (Lipinski definition) is 2. The number of thioether (sulfide) groups is 1. The van der Waals surface area contributed by atoms with Gasteiger partial charge in [0.25, 0.3) is 0 Å². The second kappa shape index (κ2) is 7.21. The molecule has 0 aliphatic rings. The summed E-state index contributed by atoms with van der Waals surface area (Å²) in [5.74, 6) is -0.436. The van der Waals surface area contributed by atoms with Gasteiger partial charge in [0.05, 0.1) is 17.8 Å². The Balaban J connectivity index is 1.65. The van der Waals surface area contributed by atoms with Crippen LogP contribution in [0.4, 0.5) is 14.5 Å². The molecule has 124 valence electrons. The van der Waals surface area contributed by atoms with Gasteiger partial charge in [-0.2, -0.15) is 8.78 Å². The lowest BCUT2D eigenvalue weighted by Crippen LogP contribution is -2.15. The van der Waals surface area contributed by atoms with Crippen LogP contribution >= 0.6 is 11.8 Å². The van der Waals surface area contributed by atoms with Crippen molar-refractivity contribution in [3.8, 4) is 5.75 Å². The van der Waals surface area contributed by atoms with Crippen molar-refractivity contribution in [2.75, 3.05) is 11.1 Å². The van der Waals surface area contributed by atoms with Gasteiger partial charge >= 0.3 is 6.61 Å². The number of halogens is 2. The molecule has 0 unspecified atom stereocenters. The molecule has 0 fully saturated rings. The van der Waals surface area contributed by atoms with E-state index in [1.165, 1.54) is 42.6 Å². The monoisotopic (exact) mass is 351 g/mol. The molecule has 1 aromatic carbocycles. The van der Waals surface area contributed by atoms with Crippen LogP contribution in [-0.4, -0.2) is 38.2 Å². The number of aromatic amines is 1. The molecular formula is C14H11F2N5O2S. The van der Waals surface area contributed by atoms with Gasteiger partial charge in [-0.15, -0.1) is 0 Å². The topological polar surface area (TPSA) is 92.8 Å². The van der Waals surface area contributed by atoms with Gasteiger partial charge in [-0.3, -0.25) is 4.79 Å². The van der Waals surface area contributed by atoms with Crippen molar-refractivity contribution in [3.63, 3.8) is 0 Å². The second-order valence-electron chi connectivity index (χ2n) is 4.49. The van der Waals surface area contributed by atoms with Crippen LogP contribution in [0.25, 0.3) is 11.2 Å². The zero-order chi connectivity index (χ0) is 16.9. The number of aromatic nitrogens is 4. The van der Waals surface area contributed by atoms with E-state index < -0.39 is 6.61 Å². The number of hydrogen-bond acceptors (Lipinski definition) is 6. The molecule has 0 aliphatic carbocycles. The molecule has 10 heteroatoms. The minimum absolute atomic E-state index is 0.0359. The van der Waals surface area contributed by atoms with Gasteiger partial charge in [-0.05, 0) is 12.1 Å². The van der Waals surface area contributed by atoms with E-state index in [1.807, 2.05) is 0 Å². The second-order valence-corrected chi connectivity index (χ2v) is 5.46. The fourth-order valence-corrected chi connectivity index (χ4v) is 2.70. The lowest BCUT2D eigenvalue weighted by molar-refractivity contribution is -0.113. The van der Waals surface area contributed by atoms with Crippen LogP contribution in [0.2, 0.25) is 0 Å². The molecule has 3 aromatic rings. The molecule has 0 radical (unpaired) electrons. The number of nitrogens with zero attached hydrogens (tertiary/aromatic N) is 3. The number of carbonyl (C=O) groups excluding carboxylic acids is 1. The number of nitrogens with one attached hydrogen (secondary N) is 2. The van der Waals surface area contributed by atoms with Crippen molar-refractivity contribution in [2.24, 2.45) is 0 Å². The van der Waals surface area contributed by atoms with Gasteiger partial charge in [0.2, 0.25) is 5.91 Å². The maximum absolute atomic E-state index is 12.4. The van der Waals surface area contributed by atoms with E-state index in [2.05, 4.69) is 30.0 Å². The minimum Gasteiger partial charge on any atom is -0.433 e. The van der Waals surface area contributed by atoms with Crippen LogP contribution < -0.4 is 10.1 Å². The van der Waals surface area contributed by atoms with Crippen LogP contribution in [0.15, 0.2) is 41.9 Å². The molecule has 0 atom stereocenters. The highest BCUT2D eigenvalue weighted by atomic mass is 32.2. The summed E-state index contributed by atoms with van der Waals surface area (Å²) in [5, 5.41) is 3.11. The fourth-order valence-electron chi connectivity index (χ4n) is 1.94. The molecule has 0 saturated carbocycles. The zero-order valence-electron chi connectivity index (χ0n) is 12.1. The number of imidazole rings is 1. The van der Waals surface area contributed by atoms with E-state index >= 15 is 0 Å². The lowest BCUT2D eigenvalue weighted by Gasteiger charge is -2.11. The Morgan fingerprint density at radius 3 is 2.96 bits per heavy atom. The van der Waals surface area contributed by atoms with Crippen LogP contribution in [0.5, 0.6) is 5.75 Å². The summed E-state index contributed by atoms with van der Waals surface area (Å²) in [5.41, 5.74) is 1.32. The number of fused-ring (bicyclic) bond motifs is 1. The van der Waals surface area contributed by atoms with Gasteiger partial charge in [0, 0.05) is 0 Å². The van der Waals surface area contributed by atoms with E-state index in [0.717, 1.165) is 0 Å². The van der Waals surface area contributed by atoms with Gasteiger partial charge in [-0.1, -0.05) is 23.9 Å². The first-order chi connectivity index (χ1) is 11.6. The highest BCUT2D eigenvalue weighted by Gasteiger charge is 2.13. The van der Waals surface area contributed by atoms with E-state index in [9.17, 15) is 13.6 Å². The predicted molar refractivity (Wildman–Crippen MR) is 84.1 cm³/mol. The van der Waals surface area contributed by atoms with Crippen LogP contribution in [0.3, 0.4) is 0 Å². The fraction of sp³-hybridized carbons (Fsp3) is 0.143. The number of H-pyrrole nitrogens is 1. The average molecular weight is 351 g/mol. The van der Waals surface area contributed by atoms with Crippen LogP contribution in [0.1, 0.15) is 0 Å². The molecule has 0 saturated heterocycles. The Morgan fingerprint density at radius 2 is 2.12 bits per heavy atom. The summed E-state index contributed by atoms with van der Waals surface area (Å²) in [7, 11) is 0. The Hall–Kier alpha value is -2.75. The molecule has 0 aliphatic heterocycles. The Morgan fingerprint density at radius 1 is 1.29 bits per heavy atom. The van der Waals surface area contributed by atoms with Crippen molar-refractivity contribution in [2.45, 2.75) is 11.6 Å². The third-order valence-electron chi connectivity index (χ3n) is 2.91. The first kappa shape index (κ1) is 16.1. The highest BCUT2D eigenvalue weighted by molar-refractivity contribution is 8.00. The number of carbonyl (C=O) groups is 1. The molecule has 7 nitrogen and oxygen atoms in total. The Kier molecular flexibility index (Phi) is 4.85. The third-order valence-corrected chi connectivity index (χ3v) is 3.89. The standard InChI is InChI=1S/C14H11F2N5O2S/c15-14(16)23-9-4-2-1-3-8(9)21-10(22)5-24-13-11-12(18-6-17-11)19-7-20-13/h1-4,6-7,14H,5H2,(H,21,22)(H,17,18,19,20). The number of alkyl halides is 2. The van der Waals surface area contributed by atoms with Crippen molar-refractivity contribution >= 4 is 34.5 Å². The first-order valence-electron chi connectivity index (χ1n) is 6.74. The summed E-state index contributed by atoms with van der Waals surface area (Å²) in [6.07, 6.45) is 2.84. The van der Waals surface area contributed by atoms with Crippen molar-refractivity contribution in [1.82, 2.24) is 19.9 Å². The quantitative estimate of drug-likeness (QED) is 0.524. The molecule has 3 rings (SSSR count). The van der Waals surface area contributed by atoms with E-state index in [-0.39, 0.29) is 23.1 Å². The predicted octanol–water partition coefficient (Wildman–Crippen LogP) is 2.69. The number of amides is 1. The van der Waals surface area contributed by atoms with Crippen LogP contribution in [-0.2, 0) is 4.79 Å². The molecular weight excluding hydrogens is 340 g/mol. The van der Waals surface area contributed by atoms with E-state index in [1.54, 1.807) is 6.07 Å². The Bertz CT molecular complexity index is 858. The molecule has 2 heterocycles. The maximum Gasteiger partial charge on any atom is 0.387 e. The number of rotatable bonds is 6. The summed E-state index contributed by atoms with van der Waals surface area (Å²) in [6, 6.07) is 5.99. The smallest absolute Gasteiger partial charge is 0.387 e. The van der Waals surface area contributed by atoms with Gasteiger partial charge in [-0.25, -0.2) is 15.0 Å². The molecule has 2 N–H and O–H groups in total. The minimum atomic E-state index is -2.97. The highest BCUT2D eigenvalue weighted by Crippen LogP contribution is 2.26. The van der Waals surface area contributed by atoms with E-state index in [4.69, 9.17) is 0 Å².